The van der Waals surface area contributed by atoms with Crippen LogP contribution in [0.1, 0.15) is 43.3 Å². The number of nitrogen functional groups attached to an aromatic ring is 1. The zero-order valence-electron chi connectivity index (χ0n) is 11.3. The maximum Gasteiger partial charge on any atom is 0.350 e. The van der Waals surface area contributed by atoms with E-state index in [0.29, 0.717) is 17.2 Å². The summed E-state index contributed by atoms with van der Waals surface area (Å²) in [5, 5.41) is 4.22. The van der Waals surface area contributed by atoms with Gasteiger partial charge in [-0.1, -0.05) is 13.8 Å². The summed E-state index contributed by atoms with van der Waals surface area (Å²) in [6.07, 6.45) is 2.31. The highest BCUT2D eigenvalue weighted by Crippen LogP contribution is 2.29. The Balaban J connectivity index is 2.48. The van der Waals surface area contributed by atoms with E-state index in [9.17, 15) is 4.79 Å². The Morgan fingerprint density at radius 2 is 2.28 bits per heavy atom. The molecule has 4 nitrogen and oxygen atoms in total. The number of nitrogens with two attached hydrogens (primary N) is 1. The molecule has 0 bridgehead atoms. The molecule has 0 fully saturated rings. The van der Waals surface area contributed by atoms with Crippen LogP contribution in [0.4, 0.5) is 10.7 Å². The summed E-state index contributed by atoms with van der Waals surface area (Å²) in [5.74, 6) is 0.380. The standard InChI is InChI=1S/C13H22N2O2S/c1-4-17-13(16)12-10(14)8-11(18-12)15-7-5-6-9(2)3/h8-9,15H,4-7,14H2,1-3H3. The third kappa shape index (κ3) is 4.56. The lowest BCUT2D eigenvalue weighted by Crippen LogP contribution is -2.04. The quantitative estimate of drug-likeness (QED) is 0.589. The molecular formula is C13H22N2O2S. The second-order valence-corrected chi connectivity index (χ2v) is 5.63. The van der Waals surface area contributed by atoms with E-state index in [1.807, 2.05) is 0 Å². The van der Waals surface area contributed by atoms with Crippen LogP contribution in [0.2, 0.25) is 0 Å². The molecule has 0 unspecified atom stereocenters. The third-order valence-electron chi connectivity index (χ3n) is 2.48. The van der Waals surface area contributed by atoms with E-state index in [1.54, 1.807) is 13.0 Å². The van der Waals surface area contributed by atoms with E-state index in [4.69, 9.17) is 10.5 Å². The van der Waals surface area contributed by atoms with Gasteiger partial charge < -0.3 is 15.8 Å². The van der Waals surface area contributed by atoms with Crippen LogP contribution < -0.4 is 11.1 Å². The van der Waals surface area contributed by atoms with Gasteiger partial charge >= 0.3 is 5.97 Å². The molecule has 0 radical (unpaired) electrons. The Morgan fingerprint density at radius 3 is 2.89 bits per heavy atom. The highest BCUT2D eigenvalue weighted by Gasteiger charge is 2.15. The summed E-state index contributed by atoms with van der Waals surface area (Å²) in [7, 11) is 0. The van der Waals surface area contributed by atoms with Crippen LogP contribution in [0.25, 0.3) is 0 Å². The van der Waals surface area contributed by atoms with Crippen molar-refractivity contribution >= 4 is 28.0 Å². The SMILES string of the molecule is CCOC(=O)c1sc(NCCCC(C)C)cc1N. The van der Waals surface area contributed by atoms with Gasteiger partial charge in [-0.05, 0) is 31.7 Å². The largest absolute Gasteiger partial charge is 0.462 e. The number of hydrogen-bond donors (Lipinski definition) is 2. The first-order chi connectivity index (χ1) is 8.54. The Kier molecular flexibility index (Phi) is 5.98. The van der Waals surface area contributed by atoms with Gasteiger partial charge in [-0.2, -0.15) is 0 Å². The Labute approximate surface area is 113 Å². The van der Waals surface area contributed by atoms with Crippen molar-refractivity contribution in [2.45, 2.75) is 33.6 Å². The topological polar surface area (TPSA) is 64.3 Å². The van der Waals surface area contributed by atoms with Gasteiger partial charge in [-0.25, -0.2) is 4.79 Å². The van der Waals surface area contributed by atoms with Gasteiger partial charge in [0, 0.05) is 6.54 Å². The third-order valence-corrected chi connectivity index (χ3v) is 3.57. The molecule has 0 aliphatic rings. The fraction of sp³-hybridized carbons (Fsp3) is 0.615. The molecular weight excluding hydrogens is 248 g/mol. The van der Waals surface area contributed by atoms with E-state index in [1.165, 1.54) is 17.8 Å². The van der Waals surface area contributed by atoms with Crippen LogP contribution >= 0.6 is 11.3 Å². The smallest absolute Gasteiger partial charge is 0.350 e. The molecule has 0 amide bonds. The molecule has 0 saturated heterocycles. The van der Waals surface area contributed by atoms with Crippen molar-refractivity contribution < 1.29 is 9.53 Å². The molecule has 0 saturated carbocycles. The lowest BCUT2D eigenvalue weighted by Gasteiger charge is -2.05. The molecule has 0 aromatic carbocycles. The number of nitrogens with one attached hydrogen (secondary N) is 1. The van der Waals surface area contributed by atoms with Crippen LogP contribution in [-0.2, 0) is 4.74 Å². The van der Waals surface area contributed by atoms with Crippen LogP contribution in [0.3, 0.4) is 0 Å². The van der Waals surface area contributed by atoms with Crippen LogP contribution in [0.15, 0.2) is 6.07 Å². The Hall–Kier alpha value is -1.23. The minimum absolute atomic E-state index is 0.338. The first-order valence-electron chi connectivity index (χ1n) is 6.34. The minimum Gasteiger partial charge on any atom is -0.462 e. The molecule has 0 atom stereocenters. The van der Waals surface area contributed by atoms with Gasteiger partial charge in [0.05, 0.1) is 17.3 Å². The lowest BCUT2D eigenvalue weighted by molar-refractivity contribution is 0.0533. The average molecular weight is 270 g/mol. The van der Waals surface area contributed by atoms with Crippen molar-refractivity contribution in [3.05, 3.63) is 10.9 Å². The van der Waals surface area contributed by atoms with Crippen molar-refractivity contribution in [2.75, 3.05) is 24.2 Å². The number of rotatable bonds is 7. The van der Waals surface area contributed by atoms with Gasteiger partial charge in [0.1, 0.15) is 4.88 Å². The number of carbonyl (C=O) groups excluding carboxylic acids is 1. The van der Waals surface area contributed by atoms with Gasteiger partial charge in [0.25, 0.3) is 0 Å². The van der Waals surface area contributed by atoms with E-state index in [2.05, 4.69) is 19.2 Å². The second-order valence-electron chi connectivity index (χ2n) is 4.58. The zero-order chi connectivity index (χ0) is 13.5. The van der Waals surface area contributed by atoms with Crippen molar-refractivity contribution in [2.24, 2.45) is 5.92 Å². The second kappa shape index (κ2) is 7.26. The Bertz CT molecular complexity index is 388. The molecule has 0 aliphatic heterocycles. The van der Waals surface area contributed by atoms with E-state index in [-0.39, 0.29) is 5.97 Å². The maximum atomic E-state index is 11.6. The van der Waals surface area contributed by atoms with Gasteiger partial charge in [-0.3, -0.25) is 0 Å². The number of ether oxygens (including phenoxy) is 1. The molecule has 18 heavy (non-hydrogen) atoms. The summed E-state index contributed by atoms with van der Waals surface area (Å²) < 4.78 is 4.94. The molecule has 1 aromatic rings. The van der Waals surface area contributed by atoms with Crippen molar-refractivity contribution in [1.29, 1.82) is 0 Å². The predicted octanol–water partition coefficient (Wildman–Crippen LogP) is 3.36. The number of anilines is 2. The first kappa shape index (κ1) is 14.8. The fourth-order valence-corrected chi connectivity index (χ4v) is 2.47. The number of carbonyl (C=O) groups is 1. The summed E-state index contributed by atoms with van der Waals surface area (Å²) in [4.78, 5) is 12.1. The summed E-state index contributed by atoms with van der Waals surface area (Å²) >= 11 is 1.36. The molecule has 1 heterocycles. The molecule has 1 rings (SSSR count). The Morgan fingerprint density at radius 1 is 1.56 bits per heavy atom. The van der Waals surface area contributed by atoms with E-state index >= 15 is 0 Å². The van der Waals surface area contributed by atoms with Crippen LogP contribution in [0.5, 0.6) is 0 Å². The minimum atomic E-state index is -0.338. The molecule has 0 aliphatic carbocycles. The van der Waals surface area contributed by atoms with E-state index in [0.717, 1.165) is 23.9 Å². The molecule has 1 aromatic heterocycles. The predicted molar refractivity (Wildman–Crippen MR) is 77.2 cm³/mol. The zero-order valence-corrected chi connectivity index (χ0v) is 12.1. The van der Waals surface area contributed by atoms with E-state index < -0.39 is 0 Å². The van der Waals surface area contributed by atoms with Crippen LogP contribution in [0, 0.1) is 5.92 Å². The van der Waals surface area contributed by atoms with Crippen molar-refractivity contribution in [1.82, 2.24) is 0 Å². The lowest BCUT2D eigenvalue weighted by atomic mass is 10.1. The number of hydrogen-bond acceptors (Lipinski definition) is 5. The van der Waals surface area contributed by atoms with Crippen molar-refractivity contribution in [3.63, 3.8) is 0 Å². The molecule has 102 valence electrons. The summed E-state index contributed by atoms with van der Waals surface area (Å²) in [6, 6.07) is 1.80. The summed E-state index contributed by atoms with van der Waals surface area (Å²) in [5.41, 5.74) is 6.29. The van der Waals surface area contributed by atoms with Crippen LogP contribution in [-0.4, -0.2) is 19.1 Å². The molecule has 5 heteroatoms. The highest BCUT2D eigenvalue weighted by molar-refractivity contribution is 7.18. The first-order valence-corrected chi connectivity index (χ1v) is 7.16. The van der Waals surface area contributed by atoms with Gasteiger partial charge in [0.2, 0.25) is 0 Å². The highest BCUT2D eigenvalue weighted by atomic mass is 32.1. The van der Waals surface area contributed by atoms with Gasteiger partial charge in [-0.15, -0.1) is 11.3 Å². The van der Waals surface area contributed by atoms with Gasteiger partial charge in [0.15, 0.2) is 0 Å². The molecule has 0 spiro atoms. The number of esters is 1. The monoisotopic (exact) mass is 270 g/mol. The summed E-state index contributed by atoms with van der Waals surface area (Å²) in [6.45, 7) is 7.48. The maximum absolute atomic E-state index is 11.6. The normalized spacial score (nSPS) is 10.7. The average Bonchev–Trinajstić information content (AvgIpc) is 2.66. The van der Waals surface area contributed by atoms with Crippen molar-refractivity contribution in [3.8, 4) is 0 Å². The molecule has 3 N–H and O–H groups in total. The number of thiophene rings is 1. The fourth-order valence-electron chi connectivity index (χ4n) is 1.57.